The normalized spacial score (nSPS) is 10.7. The van der Waals surface area contributed by atoms with Gasteiger partial charge in [-0.2, -0.15) is 0 Å². The summed E-state index contributed by atoms with van der Waals surface area (Å²) in [5.41, 5.74) is 5.87. The molecule has 0 spiro atoms. The van der Waals surface area contributed by atoms with Crippen LogP contribution >= 0.6 is 0 Å². The molecule has 2 heterocycles. The molecule has 1 amide bonds. The van der Waals surface area contributed by atoms with Crippen LogP contribution in [0, 0.1) is 0 Å². The van der Waals surface area contributed by atoms with E-state index in [0.29, 0.717) is 0 Å². The van der Waals surface area contributed by atoms with Crippen molar-refractivity contribution in [1.82, 2.24) is 14.2 Å². The largest absolute Gasteiger partial charge is 0.368 e. The smallest absolute Gasteiger partial charge is 0.239 e. The first-order chi connectivity index (χ1) is 5.77. The molecule has 0 saturated heterocycles. The summed E-state index contributed by atoms with van der Waals surface area (Å²) < 4.78 is 3.47. The molecule has 62 valence electrons. The van der Waals surface area contributed by atoms with Crippen LogP contribution in [0.2, 0.25) is 0 Å². The number of hydrogen-bond acceptors (Lipinski definition) is 2. The van der Waals surface area contributed by atoms with Gasteiger partial charge in [0, 0.05) is 24.7 Å². The fourth-order valence-electron chi connectivity index (χ4n) is 1.16. The van der Waals surface area contributed by atoms with Gasteiger partial charge in [0.1, 0.15) is 6.54 Å². The zero-order valence-electron chi connectivity index (χ0n) is 6.34. The maximum atomic E-state index is 10.6. The Morgan fingerprint density at radius 2 is 2.42 bits per heavy atom. The van der Waals surface area contributed by atoms with Crippen LogP contribution in [-0.4, -0.2) is 20.1 Å². The van der Waals surface area contributed by atoms with Crippen molar-refractivity contribution in [1.29, 1.82) is 0 Å². The number of fused-ring (bicyclic) bond motifs is 1. The van der Waals surface area contributed by atoms with Gasteiger partial charge in [0.05, 0.1) is 0 Å². The molecular formula is C7H8N4O. The molecule has 2 rings (SSSR count). The van der Waals surface area contributed by atoms with Gasteiger partial charge in [-0.15, -0.1) is 0 Å². The molecule has 0 aliphatic heterocycles. The van der Waals surface area contributed by atoms with Crippen molar-refractivity contribution in [2.24, 2.45) is 5.73 Å². The fourth-order valence-corrected chi connectivity index (χ4v) is 1.16. The monoisotopic (exact) mass is 164 g/mol. The number of nitrogens with two attached hydrogens (primary N) is 1. The van der Waals surface area contributed by atoms with Gasteiger partial charge in [-0.05, 0) is 0 Å². The molecule has 0 atom stereocenters. The number of primary amides is 1. The third-order valence-electron chi connectivity index (χ3n) is 1.64. The van der Waals surface area contributed by atoms with Crippen molar-refractivity contribution in [3.63, 3.8) is 0 Å². The Hall–Kier alpha value is -1.78. The van der Waals surface area contributed by atoms with Crippen LogP contribution in [0.1, 0.15) is 0 Å². The average molecular weight is 164 g/mol. The van der Waals surface area contributed by atoms with Crippen LogP contribution < -0.4 is 5.73 Å². The summed E-state index contributed by atoms with van der Waals surface area (Å²) in [5, 5.41) is 0. The van der Waals surface area contributed by atoms with E-state index in [-0.39, 0.29) is 12.5 Å². The number of nitrogens with zero attached hydrogens (tertiary/aromatic N) is 3. The second-order valence-corrected chi connectivity index (χ2v) is 2.51. The maximum Gasteiger partial charge on any atom is 0.239 e. The molecule has 2 aromatic rings. The van der Waals surface area contributed by atoms with Gasteiger partial charge in [0.2, 0.25) is 5.91 Å². The van der Waals surface area contributed by atoms with E-state index in [1.807, 2.05) is 6.07 Å². The lowest BCUT2D eigenvalue weighted by atomic mass is 10.6. The lowest BCUT2D eigenvalue weighted by molar-refractivity contribution is -0.118. The van der Waals surface area contributed by atoms with Crippen LogP contribution in [0.25, 0.3) is 5.65 Å². The minimum atomic E-state index is -0.360. The van der Waals surface area contributed by atoms with E-state index in [0.717, 1.165) is 5.65 Å². The highest BCUT2D eigenvalue weighted by molar-refractivity contribution is 5.73. The number of rotatable bonds is 2. The first-order valence-electron chi connectivity index (χ1n) is 3.54. The molecule has 5 nitrogen and oxygen atoms in total. The zero-order chi connectivity index (χ0) is 8.55. The van der Waals surface area contributed by atoms with Gasteiger partial charge in [-0.1, -0.05) is 0 Å². The van der Waals surface area contributed by atoms with Gasteiger partial charge in [0.25, 0.3) is 0 Å². The number of carbonyl (C=O) groups is 1. The summed E-state index contributed by atoms with van der Waals surface area (Å²) in [4.78, 5) is 14.6. The molecule has 0 bridgehead atoms. The first-order valence-corrected chi connectivity index (χ1v) is 3.54. The van der Waals surface area contributed by atoms with E-state index < -0.39 is 0 Å². The fraction of sp³-hybridized carbons (Fsp3) is 0.143. The molecule has 5 heteroatoms. The maximum absolute atomic E-state index is 10.6. The summed E-state index contributed by atoms with van der Waals surface area (Å²) in [6, 6.07) is 1.82. The van der Waals surface area contributed by atoms with E-state index in [1.165, 1.54) is 0 Å². The highest BCUT2D eigenvalue weighted by atomic mass is 16.1. The predicted octanol–water partition coefficient (Wildman–Crippen LogP) is -0.379. The van der Waals surface area contributed by atoms with E-state index in [2.05, 4.69) is 4.98 Å². The molecule has 0 unspecified atom stereocenters. The zero-order valence-corrected chi connectivity index (χ0v) is 6.34. The Bertz CT molecular complexity index is 414. The third kappa shape index (κ3) is 0.952. The Kier molecular flexibility index (Phi) is 1.36. The lowest BCUT2D eigenvalue weighted by Gasteiger charge is -1.99. The van der Waals surface area contributed by atoms with E-state index in [9.17, 15) is 4.79 Å². The first kappa shape index (κ1) is 6.90. The van der Waals surface area contributed by atoms with Crippen molar-refractivity contribution in [2.45, 2.75) is 6.54 Å². The molecular weight excluding hydrogens is 156 g/mol. The van der Waals surface area contributed by atoms with Gasteiger partial charge < -0.3 is 5.73 Å². The van der Waals surface area contributed by atoms with Crippen molar-refractivity contribution >= 4 is 11.6 Å². The van der Waals surface area contributed by atoms with Crippen molar-refractivity contribution in [2.75, 3.05) is 0 Å². The second-order valence-electron chi connectivity index (χ2n) is 2.51. The van der Waals surface area contributed by atoms with Crippen molar-refractivity contribution in [3.05, 3.63) is 24.7 Å². The molecule has 0 radical (unpaired) electrons. The van der Waals surface area contributed by atoms with Gasteiger partial charge in [-0.25, -0.2) is 9.50 Å². The lowest BCUT2D eigenvalue weighted by Crippen LogP contribution is -2.20. The molecule has 0 aromatic carbocycles. The van der Waals surface area contributed by atoms with Gasteiger partial charge in [0.15, 0.2) is 5.65 Å². The highest BCUT2D eigenvalue weighted by Gasteiger charge is 2.01. The van der Waals surface area contributed by atoms with Crippen LogP contribution in [0.3, 0.4) is 0 Å². The number of hydrogen-bond donors (Lipinski definition) is 1. The summed E-state index contributed by atoms with van der Waals surface area (Å²) in [6.45, 7) is 0.180. The van der Waals surface area contributed by atoms with Gasteiger partial charge in [-0.3, -0.25) is 9.48 Å². The summed E-state index contributed by atoms with van der Waals surface area (Å²) in [7, 11) is 0. The van der Waals surface area contributed by atoms with E-state index in [4.69, 9.17) is 5.73 Å². The van der Waals surface area contributed by atoms with Gasteiger partial charge >= 0.3 is 0 Å². The molecule has 2 aromatic heterocycles. The minimum absolute atomic E-state index is 0.180. The molecule has 2 N–H and O–H groups in total. The van der Waals surface area contributed by atoms with Crippen LogP contribution in [-0.2, 0) is 11.3 Å². The third-order valence-corrected chi connectivity index (χ3v) is 1.64. The van der Waals surface area contributed by atoms with E-state index in [1.54, 1.807) is 27.8 Å². The topological polar surface area (TPSA) is 65.3 Å². The quantitative estimate of drug-likeness (QED) is 0.657. The number of aromatic nitrogens is 3. The SMILES string of the molecule is NC(=O)Cn1ccc2nccn21. The standard InChI is InChI=1S/C7H8N4O/c8-6(12)5-10-3-1-7-9-2-4-11(7)10/h1-4H,5H2,(H2,8,12). The second kappa shape index (κ2) is 2.37. The average Bonchev–Trinajstić information content (AvgIpc) is 2.52. The number of amides is 1. The molecule has 0 fully saturated rings. The van der Waals surface area contributed by atoms with Crippen LogP contribution in [0.5, 0.6) is 0 Å². The summed E-state index contributed by atoms with van der Waals surface area (Å²) in [5.74, 6) is -0.360. The Labute approximate surface area is 68.4 Å². The Morgan fingerprint density at radius 3 is 3.17 bits per heavy atom. The summed E-state index contributed by atoms with van der Waals surface area (Å²) >= 11 is 0. The molecule has 12 heavy (non-hydrogen) atoms. The van der Waals surface area contributed by atoms with Crippen molar-refractivity contribution in [3.8, 4) is 0 Å². The Balaban J connectivity index is 2.47. The number of carbonyl (C=O) groups excluding carboxylic acids is 1. The molecule has 0 aliphatic rings. The predicted molar refractivity (Wildman–Crippen MR) is 42.4 cm³/mol. The summed E-state index contributed by atoms with van der Waals surface area (Å²) in [6.07, 6.45) is 5.22. The number of imidazole rings is 1. The Morgan fingerprint density at radius 1 is 1.58 bits per heavy atom. The van der Waals surface area contributed by atoms with Crippen LogP contribution in [0.4, 0.5) is 0 Å². The molecule has 0 aliphatic carbocycles. The minimum Gasteiger partial charge on any atom is -0.368 e. The van der Waals surface area contributed by atoms with Crippen molar-refractivity contribution < 1.29 is 4.79 Å². The van der Waals surface area contributed by atoms with Crippen LogP contribution in [0.15, 0.2) is 24.7 Å². The van der Waals surface area contributed by atoms with E-state index >= 15 is 0 Å². The molecule has 0 saturated carbocycles. The highest BCUT2D eigenvalue weighted by Crippen LogP contribution is 2.00.